The summed E-state index contributed by atoms with van der Waals surface area (Å²) in [5.41, 5.74) is 6.75. The van der Waals surface area contributed by atoms with Crippen LogP contribution >= 0.6 is 11.3 Å². The van der Waals surface area contributed by atoms with E-state index in [0.29, 0.717) is 19.7 Å². The molecule has 1 aromatic heterocycles. The maximum atomic E-state index is 11.8. The smallest absolute Gasteiger partial charge is 0.239 e. The summed E-state index contributed by atoms with van der Waals surface area (Å²) in [6, 6.07) is 1.61. The number of ether oxygens (including phenoxy) is 1. The molecular weight excluding hydrogens is 224 g/mol. The van der Waals surface area contributed by atoms with E-state index in [4.69, 9.17) is 10.5 Å². The monoisotopic (exact) mass is 240 g/mol. The van der Waals surface area contributed by atoms with Crippen molar-refractivity contribution in [2.45, 2.75) is 19.1 Å². The number of rotatable bonds is 2. The number of hydrogen-bond acceptors (Lipinski definition) is 4. The van der Waals surface area contributed by atoms with Crippen molar-refractivity contribution in [3.05, 3.63) is 22.4 Å². The molecule has 1 amide bonds. The fraction of sp³-hybridized carbons (Fsp3) is 0.545. The first-order valence-corrected chi connectivity index (χ1v) is 6.31. The molecule has 1 aliphatic heterocycles. The largest absolute Gasteiger partial charge is 0.370 e. The third-order valence-corrected chi connectivity index (χ3v) is 3.38. The van der Waals surface area contributed by atoms with Crippen LogP contribution in [0.2, 0.25) is 0 Å². The quantitative estimate of drug-likeness (QED) is 0.839. The minimum absolute atomic E-state index is 0.00250. The summed E-state index contributed by atoms with van der Waals surface area (Å²) in [6.45, 7) is 3.55. The number of nitrogens with two attached hydrogens (primary N) is 1. The van der Waals surface area contributed by atoms with Crippen LogP contribution in [0, 0.1) is 0 Å². The second kappa shape index (κ2) is 4.95. The molecule has 1 saturated heterocycles. The number of carbonyl (C=O) groups excluding carboxylic acids is 1. The fourth-order valence-corrected chi connectivity index (χ4v) is 2.50. The molecule has 0 radical (unpaired) electrons. The maximum absolute atomic E-state index is 11.8. The molecule has 1 aliphatic rings. The average molecular weight is 240 g/mol. The minimum atomic E-state index is -0.429. The van der Waals surface area contributed by atoms with E-state index < -0.39 is 6.04 Å². The Balaban J connectivity index is 2.02. The molecule has 1 fully saturated rings. The van der Waals surface area contributed by atoms with Gasteiger partial charge in [-0.25, -0.2) is 0 Å². The molecule has 0 spiro atoms. The van der Waals surface area contributed by atoms with Gasteiger partial charge in [0, 0.05) is 6.54 Å². The highest BCUT2D eigenvalue weighted by Crippen LogP contribution is 2.24. The lowest BCUT2D eigenvalue weighted by atomic mass is 10.1. The van der Waals surface area contributed by atoms with E-state index in [9.17, 15) is 4.79 Å². The van der Waals surface area contributed by atoms with Crippen LogP contribution in [0.3, 0.4) is 0 Å². The standard InChI is InChI=1S/C11H16N2O2S/c1-8(12)11(14)13-3-4-15-10(6-13)9-2-5-16-7-9/h2,5,7-8,10H,3-4,6,12H2,1H3/t8-,10?/m1/s1. The number of amides is 1. The van der Waals surface area contributed by atoms with E-state index in [2.05, 4.69) is 5.38 Å². The zero-order chi connectivity index (χ0) is 11.5. The molecular formula is C11H16N2O2S. The molecule has 2 heterocycles. The van der Waals surface area contributed by atoms with E-state index in [1.807, 2.05) is 11.4 Å². The maximum Gasteiger partial charge on any atom is 0.239 e. The lowest BCUT2D eigenvalue weighted by molar-refractivity contribution is -0.140. The third kappa shape index (κ3) is 2.42. The van der Waals surface area contributed by atoms with Crippen LogP contribution in [0.15, 0.2) is 16.8 Å². The van der Waals surface area contributed by atoms with E-state index in [-0.39, 0.29) is 12.0 Å². The summed E-state index contributed by atoms with van der Waals surface area (Å²) in [4.78, 5) is 13.5. The van der Waals surface area contributed by atoms with E-state index in [1.165, 1.54) is 0 Å². The van der Waals surface area contributed by atoms with Gasteiger partial charge >= 0.3 is 0 Å². The van der Waals surface area contributed by atoms with Gasteiger partial charge in [0.2, 0.25) is 5.91 Å². The molecule has 88 valence electrons. The van der Waals surface area contributed by atoms with Gasteiger partial charge in [0.1, 0.15) is 6.10 Å². The number of hydrogen-bond donors (Lipinski definition) is 1. The van der Waals surface area contributed by atoms with Gasteiger partial charge in [0.25, 0.3) is 0 Å². The molecule has 0 saturated carbocycles. The van der Waals surface area contributed by atoms with E-state index in [0.717, 1.165) is 5.56 Å². The van der Waals surface area contributed by atoms with Crippen LogP contribution < -0.4 is 5.73 Å². The summed E-state index contributed by atoms with van der Waals surface area (Å²) < 4.78 is 5.65. The normalized spacial score (nSPS) is 23.1. The Morgan fingerprint density at radius 2 is 2.56 bits per heavy atom. The Morgan fingerprint density at radius 1 is 1.75 bits per heavy atom. The van der Waals surface area contributed by atoms with Gasteiger partial charge in [-0.3, -0.25) is 4.79 Å². The van der Waals surface area contributed by atoms with Crippen LogP contribution in [0.5, 0.6) is 0 Å². The molecule has 0 aromatic carbocycles. The van der Waals surface area contributed by atoms with Gasteiger partial charge in [-0.2, -0.15) is 11.3 Å². The first-order chi connectivity index (χ1) is 7.68. The van der Waals surface area contributed by atoms with Crippen LogP contribution in [-0.4, -0.2) is 36.5 Å². The number of thiophene rings is 1. The molecule has 2 atom stereocenters. The topological polar surface area (TPSA) is 55.6 Å². The lowest BCUT2D eigenvalue weighted by Gasteiger charge is -2.33. The van der Waals surface area contributed by atoms with Crippen molar-refractivity contribution < 1.29 is 9.53 Å². The van der Waals surface area contributed by atoms with Crippen molar-refractivity contribution in [2.75, 3.05) is 19.7 Å². The SMILES string of the molecule is C[C@@H](N)C(=O)N1CCOC(c2ccsc2)C1. The lowest BCUT2D eigenvalue weighted by Crippen LogP contribution is -2.48. The van der Waals surface area contributed by atoms with Gasteiger partial charge in [0.15, 0.2) is 0 Å². The Morgan fingerprint density at radius 3 is 3.19 bits per heavy atom. The first kappa shape index (κ1) is 11.6. The highest BCUT2D eigenvalue weighted by atomic mass is 32.1. The highest BCUT2D eigenvalue weighted by molar-refractivity contribution is 7.07. The molecule has 0 aliphatic carbocycles. The molecule has 1 aromatic rings. The van der Waals surface area contributed by atoms with Crippen molar-refractivity contribution in [3.63, 3.8) is 0 Å². The van der Waals surface area contributed by atoms with E-state index >= 15 is 0 Å². The molecule has 2 rings (SSSR count). The van der Waals surface area contributed by atoms with Crippen molar-refractivity contribution in [1.82, 2.24) is 4.90 Å². The van der Waals surface area contributed by atoms with Gasteiger partial charge in [-0.15, -0.1) is 0 Å². The zero-order valence-corrected chi connectivity index (χ0v) is 10.1. The summed E-state index contributed by atoms with van der Waals surface area (Å²) in [5.74, 6) is 0.00327. The Labute approximate surface area is 99.0 Å². The summed E-state index contributed by atoms with van der Waals surface area (Å²) >= 11 is 1.64. The molecule has 5 heteroatoms. The van der Waals surface area contributed by atoms with Crippen LogP contribution in [0.4, 0.5) is 0 Å². The van der Waals surface area contributed by atoms with Crippen LogP contribution in [0.1, 0.15) is 18.6 Å². The van der Waals surface area contributed by atoms with Crippen molar-refractivity contribution >= 4 is 17.2 Å². The van der Waals surface area contributed by atoms with Gasteiger partial charge in [0.05, 0.1) is 19.2 Å². The molecule has 4 nitrogen and oxygen atoms in total. The number of nitrogens with zero attached hydrogens (tertiary/aromatic N) is 1. The highest BCUT2D eigenvalue weighted by Gasteiger charge is 2.26. The Hall–Kier alpha value is -0.910. The predicted octanol–water partition coefficient (Wildman–Crippen LogP) is 0.995. The van der Waals surface area contributed by atoms with Crippen molar-refractivity contribution in [2.24, 2.45) is 5.73 Å². The second-order valence-electron chi connectivity index (χ2n) is 3.99. The fourth-order valence-electron chi connectivity index (χ4n) is 1.80. The third-order valence-electron chi connectivity index (χ3n) is 2.68. The average Bonchev–Trinajstić information content (AvgIpc) is 2.81. The zero-order valence-electron chi connectivity index (χ0n) is 9.26. The molecule has 2 N–H and O–H groups in total. The van der Waals surface area contributed by atoms with Gasteiger partial charge < -0.3 is 15.4 Å². The summed E-state index contributed by atoms with van der Waals surface area (Å²) in [5, 5.41) is 4.08. The molecule has 0 bridgehead atoms. The van der Waals surface area contributed by atoms with Crippen molar-refractivity contribution in [3.8, 4) is 0 Å². The van der Waals surface area contributed by atoms with Crippen molar-refractivity contribution in [1.29, 1.82) is 0 Å². The first-order valence-electron chi connectivity index (χ1n) is 5.36. The summed E-state index contributed by atoms with van der Waals surface area (Å²) in [7, 11) is 0. The number of carbonyl (C=O) groups is 1. The molecule has 1 unspecified atom stereocenters. The second-order valence-corrected chi connectivity index (χ2v) is 4.77. The molecule has 16 heavy (non-hydrogen) atoms. The van der Waals surface area contributed by atoms with Crippen LogP contribution in [0.25, 0.3) is 0 Å². The Kier molecular flexibility index (Phi) is 3.58. The summed E-state index contributed by atoms with van der Waals surface area (Å²) in [6.07, 6.45) is 0.00250. The number of morpholine rings is 1. The minimum Gasteiger partial charge on any atom is -0.370 e. The van der Waals surface area contributed by atoms with Gasteiger partial charge in [-0.05, 0) is 29.3 Å². The Bertz CT molecular complexity index is 351. The predicted molar refractivity (Wildman–Crippen MR) is 63.2 cm³/mol. The van der Waals surface area contributed by atoms with Crippen LogP contribution in [-0.2, 0) is 9.53 Å². The van der Waals surface area contributed by atoms with E-state index in [1.54, 1.807) is 23.2 Å². The van der Waals surface area contributed by atoms with Gasteiger partial charge in [-0.1, -0.05) is 0 Å².